The molecular formula is C53H36N2. The van der Waals surface area contributed by atoms with Gasteiger partial charge in [-0.3, -0.25) is 4.57 Å². The number of para-hydroxylation sites is 3. The Bertz CT molecular complexity index is 3130. The van der Waals surface area contributed by atoms with Crippen LogP contribution in [0.1, 0.15) is 17.5 Å². The normalized spacial score (nSPS) is 12.5. The quantitative estimate of drug-likeness (QED) is 0.175. The number of allylic oxidation sites excluding steroid dienone is 1. The second kappa shape index (κ2) is 12.8. The highest BCUT2D eigenvalue weighted by Crippen LogP contribution is 2.46. The summed E-state index contributed by atoms with van der Waals surface area (Å²) in [5, 5.41) is 7.62. The lowest BCUT2D eigenvalue weighted by Gasteiger charge is -2.24. The molecule has 258 valence electrons. The highest BCUT2D eigenvalue weighted by molar-refractivity contribution is 6.12. The Kier molecular flexibility index (Phi) is 7.34. The van der Waals surface area contributed by atoms with E-state index in [9.17, 15) is 0 Å². The molecule has 1 heterocycles. The predicted octanol–water partition coefficient (Wildman–Crippen LogP) is 14.1. The smallest absolute Gasteiger partial charge is 0.145 e. The van der Waals surface area contributed by atoms with E-state index >= 15 is 0 Å². The van der Waals surface area contributed by atoms with E-state index < -0.39 is 0 Å². The molecule has 0 atom stereocenters. The number of aromatic nitrogens is 2. The van der Waals surface area contributed by atoms with E-state index in [1.807, 2.05) is 0 Å². The van der Waals surface area contributed by atoms with Gasteiger partial charge in [0.25, 0.3) is 0 Å². The van der Waals surface area contributed by atoms with Gasteiger partial charge in [-0.25, -0.2) is 4.98 Å². The summed E-state index contributed by atoms with van der Waals surface area (Å²) in [7, 11) is 0. The predicted molar refractivity (Wildman–Crippen MR) is 233 cm³/mol. The van der Waals surface area contributed by atoms with Gasteiger partial charge < -0.3 is 0 Å². The van der Waals surface area contributed by atoms with Crippen LogP contribution in [-0.4, -0.2) is 9.55 Å². The largest absolute Gasteiger partial charge is 0.292 e. The lowest BCUT2D eigenvalue weighted by Crippen LogP contribution is -2.03. The molecule has 0 unspecified atom stereocenters. The Balaban J connectivity index is 1.12. The van der Waals surface area contributed by atoms with Crippen LogP contribution in [0.15, 0.2) is 188 Å². The van der Waals surface area contributed by atoms with Gasteiger partial charge in [0.1, 0.15) is 5.82 Å². The molecule has 2 nitrogen and oxygen atoms in total. The molecule has 0 saturated carbocycles. The molecule has 9 aromatic carbocycles. The van der Waals surface area contributed by atoms with Crippen molar-refractivity contribution in [2.24, 2.45) is 0 Å². The van der Waals surface area contributed by atoms with Crippen molar-refractivity contribution < 1.29 is 0 Å². The topological polar surface area (TPSA) is 17.8 Å². The van der Waals surface area contributed by atoms with Gasteiger partial charge in [-0.1, -0.05) is 152 Å². The molecule has 55 heavy (non-hydrogen) atoms. The first kappa shape index (κ1) is 31.5. The fourth-order valence-corrected chi connectivity index (χ4v) is 8.81. The second-order valence-corrected chi connectivity index (χ2v) is 14.6. The first-order valence-electron chi connectivity index (χ1n) is 19.2. The maximum absolute atomic E-state index is 5.12. The fraction of sp³-hybridized carbons (Fsp3) is 0.0377. The molecule has 11 rings (SSSR count). The first-order valence-corrected chi connectivity index (χ1v) is 19.2. The standard InChI is InChI=1S/C53H36N2/c1-2-16-44(17-3-1)55-50-21-11-10-20-49(50)54-53(55)38-26-22-37(23-27-38)41-30-31-47-48(34-41)52(43-29-25-36-13-5-7-15-40(36)33-43)46-19-9-8-18-45(46)51(47)42-28-24-35-12-4-6-14-39(35)32-42/h1-7,9-17,19-34H,8,18H2. The minimum atomic E-state index is 0.939. The third-order valence-electron chi connectivity index (χ3n) is 11.4. The van der Waals surface area contributed by atoms with Crippen molar-refractivity contribution in [1.82, 2.24) is 9.55 Å². The van der Waals surface area contributed by atoms with Gasteiger partial charge in [0.15, 0.2) is 0 Å². The maximum atomic E-state index is 5.12. The van der Waals surface area contributed by atoms with E-state index in [2.05, 4.69) is 199 Å². The average Bonchev–Trinajstić information content (AvgIpc) is 3.65. The zero-order valence-corrected chi connectivity index (χ0v) is 30.3. The van der Waals surface area contributed by atoms with Gasteiger partial charge in [-0.2, -0.15) is 0 Å². The summed E-state index contributed by atoms with van der Waals surface area (Å²) >= 11 is 0. The third kappa shape index (κ3) is 5.29. The Hall–Kier alpha value is -7.03. The molecule has 0 amide bonds. The lowest BCUT2D eigenvalue weighted by molar-refractivity contribution is 0.991. The van der Waals surface area contributed by atoms with E-state index in [0.29, 0.717) is 0 Å². The van der Waals surface area contributed by atoms with Crippen LogP contribution in [0.5, 0.6) is 0 Å². The molecule has 0 aliphatic heterocycles. The number of fused-ring (bicyclic) bond motifs is 5. The molecule has 10 aromatic rings. The van der Waals surface area contributed by atoms with Crippen LogP contribution in [0.25, 0.3) is 99.9 Å². The van der Waals surface area contributed by atoms with Crippen LogP contribution in [0, 0.1) is 0 Å². The Morgan fingerprint density at radius 2 is 1.04 bits per heavy atom. The Morgan fingerprint density at radius 3 is 1.78 bits per heavy atom. The van der Waals surface area contributed by atoms with Gasteiger partial charge in [0, 0.05) is 11.3 Å². The lowest BCUT2D eigenvalue weighted by atomic mass is 9.79. The highest BCUT2D eigenvalue weighted by Gasteiger charge is 2.23. The minimum Gasteiger partial charge on any atom is -0.292 e. The zero-order chi connectivity index (χ0) is 36.3. The average molecular weight is 701 g/mol. The number of hydrogen-bond donors (Lipinski definition) is 0. The highest BCUT2D eigenvalue weighted by atomic mass is 15.1. The summed E-state index contributed by atoms with van der Waals surface area (Å²) in [6.45, 7) is 0. The summed E-state index contributed by atoms with van der Waals surface area (Å²) in [5.74, 6) is 0.939. The number of nitrogens with zero attached hydrogens (tertiary/aromatic N) is 2. The van der Waals surface area contributed by atoms with Crippen molar-refractivity contribution in [2.75, 3.05) is 0 Å². The molecule has 0 saturated heterocycles. The van der Waals surface area contributed by atoms with Gasteiger partial charge in [-0.15, -0.1) is 0 Å². The molecule has 2 heteroatoms. The Morgan fingerprint density at radius 1 is 0.436 bits per heavy atom. The van der Waals surface area contributed by atoms with Crippen molar-refractivity contribution in [3.05, 3.63) is 199 Å². The van der Waals surface area contributed by atoms with Gasteiger partial charge >= 0.3 is 0 Å². The molecule has 0 bridgehead atoms. The maximum Gasteiger partial charge on any atom is 0.145 e. The summed E-state index contributed by atoms with van der Waals surface area (Å²) in [4.78, 5) is 5.12. The molecule has 0 N–H and O–H groups in total. The van der Waals surface area contributed by atoms with Crippen molar-refractivity contribution in [1.29, 1.82) is 0 Å². The second-order valence-electron chi connectivity index (χ2n) is 14.6. The monoisotopic (exact) mass is 700 g/mol. The van der Waals surface area contributed by atoms with Crippen LogP contribution in [-0.2, 0) is 6.42 Å². The molecule has 0 radical (unpaired) electrons. The van der Waals surface area contributed by atoms with Gasteiger partial charge in [0.2, 0.25) is 0 Å². The van der Waals surface area contributed by atoms with Crippen molar-refractivity contribution >= 4 is 49.4 Å². The van der Waals surface area contributed by atoms with Crippen LogP contribution in [0.4, 0.5) is 0 Å². The number of benzene rings is 9. The SMILES string of the molecule is C1=Cc2c(c(-c3ccc4ccccc4c3)c3ccc(-c4ccc(-c5nc6ccccc6n5-c5ccccc5)cc4)cc3c2-c2ccc3ccccc3c2)CC1. The molecule has 1 aromatic heterocycles. The van der Waals surface area contributed by atoms with Crippen molar-refractivity contribution in [3.8, 4) is 50.5 Å². The van der Waals surface area contributed by atoms with Crippen molar-refractivity contribution in [3.63, 3.8) is 0 Å². The minimum absolute atomic E-state index is 0.939. The van der Waals surface area contributed by atoms with Crippen LogP contribution in [0.3, 0.4) is 0 Å². The number of hydrogen-bond acceptors (Lipinski definition) is 1. The zero-order valence-electron chi connectivity index (χ0n) is 30.3. The van der Waals surface area contributed by atoms with Crippen LogP contribution in [0.2, 0.25) is 0 Å². The van der Waals surface area contributed by atoms with E-state index in [0.717, 1.165) is 41.0 Å². The third-order valence-corrected chi connectivity index (χ3v) is 11.4. The summed E-state index contributed by atoms with van der Waals surface area (Å²) in [6, 6.07) is 66.3. The summed E-state index contributed by atoms with van der Waals surface area (Å²) < 4.78 is 2.27. The van der Waals surface area contributed by atoms with E-state index in [1.54, 1.807) is 0 Å². The van der Waals surface area contributed by atoms with E-state index in [-0.39, 0.29) is 0 Å². The van der Waals surface area contributed by atoms with E-state index in [1.165, 1.54) is 76.8 Å². The Labute approximate surface area is 320 Å². The van der Waals surface area contributed by atoms with Crippen LogP contribution >= 0.6 is 0 Å². The van der Waals surface area contributed by atoms with Gasteiger partial charge in [-0.05, 0) is 132 Å². The van der Waals surface area contributed by atoms with Crippen molar-refractivity contribution in [2.45, 2.75) is 12.8 Å². The first-order chi connectivity index (χ1) is 27.3. The fourth-order valence-electron chi connectivity index (χ4n) is 8.81. The van der Waals surface area contributed by atoms with E-state index in [4.69, 9.17) is 4.98 Å². The summed E-state index contributed by atoms with van der Waals surface area (Å²) in [6.07, 6.45) is 6.79. The number of imidazole rings is 1. The number of rotatable bonds is 5. The van der Waals surface area contributed by atoms with Crippen LogP contribution < -0.4 is 0 Å². The molecule has 1 aliphatic rings. The molecule has 0 spiro atoms. The molecular weight excluding hydrogens is 665 g/mol. The molecule has 0 fully saturated rings. The summed E-state index contributed by atoms with van der Waals surface area (Å²) in [5.41, 5.74) is 14.6. The van der Waals surface area contributed by atoms with Gasteiger partial charge in [0.05, 0.1) is 11.0 Å². The molecule has 1 aliphatic carbocycles.